The van der Waals surface area contributed by atoms with Crippen LogP contribution in [0, 0.1) is 19.7 Å². The van der Waals surface area contributed by atoms with Crippen LogP contribution in [0.2, 0.25) is 0 Å². The lowest BCUT2D eigenvalue weighted by Gasteiger charge is -2.09. The van der Waals surface area contributed by atoms with E-state index in [9.17, 15) is 4.39 Å². The van der Waals surface area contributed by atoms with Crippen LogP contribution in [-0.2, 0) is 6.54 Å². The minimum atomic E-state index is -0.283. The van der Waals surface area contributed by atoms with Crippen molar-refractivity contribution < 1.29 is 4.39 Å². The topological polar surface area (TPSA) is 42.7 Å². The van der Waals surface area contributed by atoms with Gasteiger partial charge < -0.3 is 9.88 Å². The Morgan fingerprint density at radius 2 is 1.81 bits per heavy atom. The molecule has 2 heterocycles. The number of aryl methyl sites for hydroxylation is 1. The van der Waals surface area contributed by atoms with Crippen molar-refractivity contribution in [1.29, 1.82) is 0 Å². The summed E-state index contributed by atoms with van der Waals surface area (Å²) >= 11 is 0. The number of aromatic nitrogens is 3. The molecule has 0 aliphatic carbocycles. The van der Waals surface area contributed by atoms with Crippen LogP contribution in [0.5, 0.6) is 0 Å². The first-order valence-corrected chi connectivity index (χ1v) is 8.50. The van der Waals surface area contributed by atoms with Crippen LogP contribution in [0.3, 0.4) is 0 Å². The van der Waals surface area contributed by atoms with Crippen molar-refractivity contribution in [2.75, 3.05) is 5.32 Å². The van der Waals surface area contributed by atoms with E-state index in [0.29, 0.717) is 11.5 Å². The maximum absolute atomic E-state index is 13.5. The average Bonchev–Trinajstić information content (AvgIpc) is 2.88. The van der Waals surface area contributed by atoms with Gasteiger partial charge >= 0.3 is 0 Å². The van der Waals surface area contributed by atoms with Gasteiger partial charge in [-0.25, -0.2) is 14.4 Å². The maximum Gasteiger partial charge on any atom is 0.146 e. The molecular formula is C21H19FN4. The molecule has 0 unspecified atom stereocenters. The van der Waals surface area contributed by atoms with Gasteiger partial charge in [-0.15, -0.1) is 0 Å². The summed E-state index contributed by atoms with van der Waals surface area (Å²) < 4.78 is 15.7. The summed E-state index contributed by atoms with van der Waals surface area (Å²) in [5.41, 5.74) is 5.02. The summed E-state index contributed by atoms with van der Waals surface area (Å²) in [5.74, 6) is 0.405. The van der Waals surface area contributed by atoms with Gasteiger partial charge in [-0.2, -0.15) is 0 Å². The Balaban J connectivity index is 1.80. The van der Waals surface area contributed by atoms with E-state index in [4.69, 9.17) is 0 Å². The van der Waals surface area contributed by atoms with Crippen LogP contribution in [0.15, 0.2) is 60.9 Å². The molecule has 0 fully saturated rings. The zero-order valence-corrected chi connectivity index (χ0v) is 14.7. The molecule has 4 nitrogen and oxygen atoms in total. The number of nitrogens with zero attached hydrogens (tertiary/aromatic N) is 3. The van der Waals surface area contributed by atoms with E-state index in [-0.39, 0.29) is 5.82 Å². The van der Waals surface area contributed by atoms with Crippen LogP contribution in [0.25, 0.3) is 11.0 Å². The molecule has 26 heavy (non-hydrogen) atoms. The molecule has 0 radical (unpaired) electrons. The van der Waals surface area contributed by atoms with Crippen molar-refractivity contribution in [3.8, 4) is 0 Å². The number of hydrogen-bond acceptors (Lipinski definition) is 3. The number of hydrogen-bond donors (Lipinski definition) is 1. The minimum absolute atomic E-state index is 0.283. The fraction of sp³-hybridized carbons (Fsp3) is 0.143. The Morgan fingerprint density at radius 3 is 2.58 bits per heavy atom. The lowest BCUT2D eigenvalue weighted by Crippen LogP contribution is -2.03. The van der Waals surface area contributed by atoms with E-state index in [1.807, 2.05) is 24.3 Å². The van der Waals surface area contributed by atoms with Crippen LogP contribution in [-0.4, -0.2) is 14.5 Å². The second-order valence-corrected chi connectivity index (χ2v) is 6.34. The lowest BCUT2D eigenvalue weighted by molar-refractivity contribution is 0.628. The first-order chi connectivity index (χ1) is 12.6. The summed E-state index contributed by atoms with van der Waals surface area (Å²) in [5, 5.41) is 4.19. The molecule has 0 spiro atoms. The van der Waals surface area contributed by atoms with Gasteiger partial charge in [-0.1, -0.05) is 36.4 Å². The van der Waals surface area contributed by atoms with Crippen molar-refractivity contribution in [2.45, 2.75) is 20.4 Å². The zero-order chi connectivity index (χ0) is 18.1. The van der Waals surface area contributed by atoms with Crippen LogP contribution < -0.4 is 5.32 Å². The first-order valence-electron chi connectivity index (χ1n) is 8.50. The molecule has 0 amide bonds. The van der Waals surface area contributed by atoms with Gasteiger partial charge in [0.15, 0.2) is 0 Å². The molecule has 0 bridgehead atoms. The summed E-state index contributed by atoms with van der Waals surface area (Å²) in [6.45, 7) is 4.90. The fourth-order valence-corrected chi connectivity index (χ4v) is 3.23. The summed E-state index contributed by atoms with van der Waals surface area (Å²) in [4.78, 5) is 8.91. The molecule has 2 aromatic carbocycles. The fourth-order valence-electron chi connectivity index (χ4n) is 3.23. The second-order valence-electron chi connectivity index (χ2n) is 6.34. The molecule has 4 aromatic rings. The van der Waals surface area contributed by atoms with E-state index in [0.717, 1.165) is 28.8 Å². The van der Waals surface area contributed by atoms with Crippen molar-refractivity contribution >= 4 is 22.5 Å². The first kappa shape index (κ1) is 16.3. The van der Waals surface area contributed by atoms with Crippen molar-refractivity contribution in [2.24, 2.45) is 0 Å². The van der Waals surface area contributed by atoms with E-state index in [1.165, 1.54) is 17.7 Å². The van der Waals surface area contributed by atoms with Crippen molar-refractivity contribution in [3.05, 3.63) is 83.6 Å². The Kier molecular flexibility index (Phi) is 4.13. The summed E-state index contributed by atoms with van der Waals surface area (Å²) in [6.07, 6.45) is 1.55. The predicted octanol–water partition coefficient (Wildman–Crippen LogP) is 4.98. The highest BCUT2D eigenvalue weighted by atomic mass is 19.1. The lowest BCUT2D eigenvalue weighted by atomic mass is 10.2. The maximum atomic E-state index is 13.5. The van der Waals surface area contributed by atoms with Gasteiger partial charge in [0, 0.05) is 17.9 Å². The highest BCUT2D eigenvalue weighted by molar-refractivity contribution is 5.93. The molecule has 0 aliphatic heterocycles. The van der Waals surface area contributed by atoms with Crippen LogP contribution >= 0.6 is 0 Å². The number of nitrogens with one attached hydrogen (secondary N) is 1. The standard InChI is InChI=1S/C21H19FN4/c1-14-15(2)26(12-16-7-4-3-5-8-16)21-19(14)20(23-13-24-21)25-18-10-6-9-17(22)11-18/h3-11,13H,12H2,1-2H3,(H,23,24,25). The third-order valence-electron chi connectivity index (χ3n) is 4.68. The number of anilines is 2. The third-order valence-corrected chi connectivity index (χ3v) is 4.68. The van der Waals surface area contributed by atoms with Gasteiger partial charge in [0.1, 0.15) is 23.6 Å². The van der Waals surface area contributed by atoms with Gasteiger partial charge in [0.05, 0.1) is 5.39 Å². The SMILES string of the molecule is Cc1c(C)n(Cc2ccccc2)c2ncnc(Nc3cccc(F)c3)c12. The molecule has 0 saturated carbocycles. The molecular weight excluding hydrogens is 327 g/mol. The molecule has 4 rings (SSSR count). The smallest absolute Gasteiger partial charge is 0.146 e. The van der Waals surface area contributed by atoms with Crippen molar-refractivity contribution in [1.82, 2.24) is 14.5 Å². The molecule has 2 aromatic heterocycles. The highest BCUT2D eigenvalue weighted by Crippen LogP contribution is 2.31. The number of benzene rings is 2. The molecule has 0 atom stereocenters. The largest absolute Gasteiger partial charge is 0.339 e. The molecule has 5 heteroatoms. The Hall–Kier alpha value is -3.21. The normalized spacial score (nSPS) is 11.0. The molecule has 0 saturated heterocycles. The third kappa shape index (κ3) is 2.92. The van der Waals surface area contributed by atoms with E-state index >= 15 is 0 Å². The van der Waals surface area contributed by atoms with Crippen LogP contribution in [0.1, 0.15) is 16.8 Å². The number of fused-ring (bicyclic) bond motifs is 1. The molecule has 0 aliphatic rings. The molecule has 1 N–H and O–H groups in total. The summed E-state index contributed by atoms with van der Waals surface area (Å²) in [7, 11) is 0. The second kappa shape index (κ2) is 6.59. The van der Waals surface area contributed by atoms with Gasteiger partial charge in [-0.3, -0.25) is 0 Å². The quantitative estimate of drug-likeness (QED) is 0.567. The van der Waals surface area contributed by atoms with Gasteiger partial charge in [-0.05, 0) is 43.2 Å². The average molecular weight is 346 g/mol. The van der Waals surface area contributed by atoms with Crippen molar-refractivity contribution in [3.63, 3.8) is 0 Å². The van der Waals surface area contributed by atoms with Gasteiger partial charge in [0.2, 0.25) is 0 Å². The Morgan fingerprint density at radius 1 is 1.00 bits per heavy atom. The predicted molar refractivity (Wildman–Crippen MR) is 102 cm³/mol. The van der Waals surface area contributed by atoms with E-state index in [1.54, 1.807) is 12.4 Å². The zero-order valence-electron chi connectivity index (χ0n) is 14.7. The summed E-state index contributed by atoms with van der Waals surface area (Å²) in [6, 6.07) is 16.7. The minimum Gasteiger partial charge on any atom is -0.339 e. The Labute approximate surface area is 151 Å². The Bertz CT molecular complexity index is 1070. The highest BCUT2D eigenvalue weighted by Gasteiger charge is 2.16. The number of rotatable bonds is 4. The monoisotopic (exact) mass is 346 g/mol. The van der Waals surface area contributed by atoms with E-state index in [2.05, 4.69) is 45.8 Å². The van der Waals surface area contributed by atoms with E-state index < -0.39 is 0 Å². The molecule has 130 valence electrons. The van der Waals surface area contributed by atoms with Gasteiger partial charge in [0.25, 0.3) is 0 Å². The van der Waals surface area contributed by atoms with Crippen LogP contribution in [0.4, 0.5) is 15.9 Å². The number of halogens is 1.